The molecule has 1 heterocycles. The summed E-state index contributed by atoms with van der Waals surface area (Å²) in [6.07, 6.45) is 4.91. The van der Waals surface area contributed by atoms with E-state index in [1.54, 1.807) is 31.2 Å². The van der Waals surface area contributed by atoms with Crippen molar-refractivity contribution in [3.8, 4) is 0 Å². The molecule has 1 unspecified atom stereocenters. The summed E-state index contributed by atoms with van der Waals surface area (Å²) in [6, 6.07) is 15.5. The van der Waals surface area contributed by atoms with E-state index in [9.17, 15) is 13.2 Å². The van der Waals surface area contributed by atoms with E-state index in [0.29, 0.717) is 42.3 Å². The van der Waals surface area contributed by atoms with Crippen LogP contribution in [0.2, 0.25) is 10.0 Å². The summed E-state index contributed by atoms with van der Waals surface area (Å²) in [6.45, 7) is 8.10. The number of benzene rings is 3. The lowest BCUT2D eigenvalue weighted by molar-refractivity contribution is 0.0496. The molecule has 224 valence electrons. The van der Waals surface area contributed by atoms with Crippen molar-refractivity contribution in [3.63, 3.8) is 0 Å². The molecule has 42 heavy (non-hydrogen) atoms. The van der Waals surface area contributed by atoms with E-state index in [1.807, 2.05) is 31.2 Å². The normalized spacial score (nSPS) is 16.3. The lowest BCUT2D eigenvalue weighted by atomic mass is 9.87. The molecule has 0 aliphatic carbocycles. The van der Waals surface area contributed by atoms with Crippen molar-refractivity contribution in [2.24, 2.45) is 0 Å². The van der Waals surface area contributed by atoms with Crippen LogP contribution in [0, 0.1) is 0 Å². The molecule has 0 amide bonds. The van der Waals surface area contributed by atoms with Crippen molar-refractivity contribution < 1.29 is 22.7 Å². The molecule has 0 radical (unpaired) electrons. The summed E-state index contributed by atoms with van der Waals surface area (Å²) in [5, 5.41) is 4.25. The van der Waals surface area contributed by atoms with Gasteiger partial charge in [-0.25, -0.2) is 8.42 Å². The van der Waals surface area contributed by atoms with Gasteiger partial charge < -0.3 is 14.8 Å². The Bertz CT molecular complexity index is 1540. The number of ketones is 1. The third-order valence-corrected chi connectivity index (χ3v) is 9.31. The van der Waals surface area contributed by atoms with E-state index in [1.165, 1.54) is 12.3 Å². The van der Waals surface area contributed by atoms with E-state index in [2.05, 4.69) is 16.6 Å². The monoisotopic (exact) mass is 630 g/mol. The van der Waals surface area contributed by atoms with Crippen LogP contribution in [-0.4, -0.2) is 27.4 Å². The molecular formula is C32H36Cl2N2O5S. The molecule has 2 N–H and O–H groups in total. The van der Waals surface area contributed by atoms with Crippen molar-refractivity contribution in [2.45, 2.75) is 63.0 Å². The number of sulfonamides is 1. The lowest BCUT2D eigenvalue weighted by Crippen LogP contribution is -2.25. The van der Waals surface area contributed by atoms with Gasteiger partial charge in [-0.05, 0) is 87.1 Å². The first-order valence-corrected chi connectivity index (χ1v) is 16.2. The maximum atomic E-state index is 13.6. The zero-order chi connectivity index (χ0) is 30.3. The van der Waals surface area contributed by atoms with Crippen molar-refractivity contribution >= 4 is 50.4 Å². The van der Waals surface area contributed by atoms with Crippen molar-refractivity contribution in [3.05, 3.63) is 99.7 Å². The molecule has 2 atom stereocenters. The highest BCUT2D eigenvalue weighted by atomic mass is 35.5. The Kier molecular flexibility index (Phi) is 11.0. The number of halogens is 2. The Morgan fingerprint density at radius 2 is 1.90 bits per heavy atom. The Labute approximate surface area is 258 Å². The molecule has 3 aromatic rings. The molecule has 0 spiro atoms. The minimum absolute atomic E-state index is 0.000126. The highest BCUT2D eigenvalue weighted by Crippen LogP contribution is 2.44. The van der Waals surface area contributed by atoms with Crippen molar-refractivity contribution in [1.82, 2.24) is 0 Å². The molecule has 4 rings (SSSR count). The smallest absolute Gasteiger partial charge is 0.261 e. The van der Waals surface area contributed by atoms with Gasteiger partial charge in [0.05, 0.1) is 45.6 Å². The van der Waals surface area contributed by atoms with Crippen LogP contribution in [-0.2, 0) is 25.9 Å². The van der Waals surface area contributed by atoms with Gasteiger partial charge >= 0.3 is 0 Å². The van der Waals surface area contributed by atoms with Crippen LogP contribution in [0.3, 0.4) is 0 Å². The summed E-state index contributed by atoms with van der Waals surface area (Å²) >= 11 is 12.2. The second-order valence-corrected chi connectivity index (χ2v) is 12.7. The van der Waals surface area contributed by atoms with Crippen LogP contribution in [0.15, 0.2) is 72.3 Å². The van der Waals surface area contributed by atoms with Crippen LogP contribution >= 0.6 is 23.2 Å². The van der Waals surface area contributed by atoms with Gasteiger partial charge in [0.15, 0.2) is 5.78 Å². The fourth-order valence-corrected chi connectivity index (χ4v) is 6.57. The SMILES string of the molecule is C=COCCCCCc1cc(S(=O)(=O)Nc2ccc(Cl)c(Cl)c2)cc2c1NC(c1cccc(C(C)=O)c1)C[C@@H]2OCC. The van der Waals surface area contributed by atoms with Crippen LogP contribution < -0.4 is 10.0 Å². The lowest BCUT2D eigenvalue weighted by Gasteiger charge is -2.35. The maximum absolute atomic E-state index is 13.6. The van der Waals surface area contributed by atoms with Crippen LogP contribution in [0.1, 0.15) is 78.7 Å². The van der Waals surface area contributed by atoms with E-state index in [0.717, 1.165) is 41.6 Å². The molecule has 0 fully saturated rings. The number of carbonyl (C=O) groups excluding carboxylic acids is 1. The Morgan fingerprint density at radius 3 is 2.62 bits per heavy atom. The molecule has 0 bridgehead atoms. The number of hydrogen-bond acceptors (Lipinski definition) is 6. The summed E-state index contributed by atoms with van der Waals surface area (Å²) in [5.74, 6) is -0.000126. The quantitative estimate of drug-likeness (QED) is 0.105. The first-order valence-electron chi connectivity index (χ1n) is 14.0. The van der Waals surface area contributed by atoms with E-state index >= 15 is 0 Å². The number of carbonyl (C=O) groups is 1. The summed E-state index contributed by atoms with van der Waals surface area (Å²) < 4.78 is 41.3. The maximum Gasteiger partial charge on any atom is 0.261 e. The molecule has 1 aliphatic heterocycles. The predicted molar refractivity (Wildman–Crippen MR) is 169 cm³/mol. The topological polar surface area (TPSA) is 93.7 Å². The van der Waals surface area contributed by atoms with Gasteiger partial charge in [0, 0.05) is 29.8 Å². The average molecular weight is 632 g/mol. The molecule has 0 saturated carbocycles. The van der Waals surface area contributed by atoms with Gasteiger partial charge in [-0.3, -0.25) is 9.52 Å². The second-order valence-electron chi connectivity index (χ2n) is 10.2. The van der Waals surface area contributed by atoms with Crippen molar-refractivity contribution in [1.29, 1.82) is 0 Å². The number of nitrogens with one attached hydrogen (secondary N) is 2. The largest absolute Gasteiger partial charge is 0.502 e. The van der Waals surface area contributed by atoms with Gasteiger partial charge in [-0.1, -0.05) is 48.0 Å². The molecule has 0 aromatic heterocycles. The summed E-state index contributed by atoms with van der Waals surface area (Å²) in [4.78, 5) is 12.2. The van der Waals surface area contributed by atoms with Gasteiger partial charge in [-0.2, -0.15) is 0 Å². The zero-order valence-electron chi connectivity index (χ0n) is 23.8. The van der Waals surface area contributed by atoms with Crippen LogP contribution in [0.25, 0.3) is 0 Å². The molecule has 7 nitrogen and oxygen atoms in total. The highest BCUT2D eigenvalue weighted by molar-refractivity contribution is 7.92. The van der Waals surface area contributed by atoms with Gasteiger partial charge in [-0.15, -0.1) is 0 Å². The summed E-state index contributed by atoms with van der Waals surface area (Å²) in [5.41, 5.74) is 4.47. The Hall–Kier alpha value is -3.04. The number of anilines is 2. The van der Waals surface area contributed by atoms with E-state index in [-0.39, 0.29) is 27.8 Å². The number of aryl methyl sites for hydroxylation is 1. The first kappa shape index (κ1) is 31.9. The number of rotatable bonds is 14. The molecule has 3 aromatic carbocycles. The fourth-order valence-electron chi connectivity index (χ4n) is 5.14. The second kappa shape index (κ2) is 14.4. The van der Waals surface area contributed by atoms with E-state index < -0.39 is 10.0 Å². The third kappa shape index (κ3) is 7.86. The summed E-state index contributed by atoms with van der Waals surface area (Å²) in [7, 11) is -3.96. The molecule has 1 aliphatic rings. The van der Waals surface area contributed by atoms with Gasteiger partial charge in [0.25, 0.3) is 10.0 Å². The zero-order valence-corrected chi connectivity index (χ0v) is 26.1. The number of Topliss-reactive ketones (excluding diaryl/α,β-unsaturated/α-hetero) is 1. The molecule has 0 saturated heterocycles. The Balaban J connectivity index is 1.73. The standard InChI is InChI=1S/C32H36Cl2N2O5S/c1-4-40-15-8-6-7-10-24-17-26(42(38,39)36-25-13-14-28(33)29(34)18-25)19-27-31(41-5-2)20-30(35-32(24)27)23-12-9-11-22(16-23)21(3)37/h4,9,11-14,16-19,30-31,35-36H,1,5-8,10,15,20H2,2-3H3/t30?,31-/m0/s1. The number of unbranched alkanes of at least 4 members (excludes halogenated alkanes) is 2. The van der Waals surface area contributed by atoms with Crippen LogP contribution in [0.5, 0.6) is 0 Å². The van der Waals surface area contributed by atoms with E-state index in [4.69, 9.17) is 32.7 Å². The van der Waals surface area contributed by atoms with Crippen molar-refractivity contribution in [2.75, 3.05) is 23.3 Å². The van der Waals surface area contributed by atoms with Crippen LogP contribution in [0.4, 0.5) is 11.4 Å². The van der Waals surface area contributed by atoms with Gasteiger partial charge in [0.1, 0.15) is 0 Å². The number of ether oxygens (including phenoxy) is 2. The molecular weight excluding hydrogens is 595 g/mol. The molecule has 10 heteroatoms. The first-order chi connectivity index (χ1) is 20.1. The minimum atomic E-state index is -3.96. The Morgan fingerprint density at radius 1 is 1.10 bits per heavy atom. The predicted octanol–water partition coefficient (Wildman–Crippen LogP) is 8.50. The average Bonchev–Trinajstić information content (AvgIpc) is 2.96. The third-order valence-electron chi connectivity index (χ3n) is 7.21. The van der Waals surface area contributed by atoms with Gasteiger partial charge in [0.2, 0.25) is 0 Å². The highest BCUT2D eigenvalue weighted by Gasteiger charge is 2.32. The number of fused-ring (bicyclic) bond motifs is 1. The fraction of sp³-hybridized carbons (Fsp3) is 0.344. The number of hydrogen-bond donors (Lipinski definition) is 2. The minimum Gasteiger partial charge on any atom is -0.502 e.